The molecule has 368 valence electrons. The number of rotatable bonds is 11. The summed E-state index contributed by atoms with van der Waals surface area (Å²) in [5, 5.41) is 58.8. The predicted octanol–water partition coefficient (Wildman–Crippen LogP) is -4.25. The molecule has 26 nitrogen and oxygen atoms in total. The summed E-state index contributed by atoms with van der Waals surface area (Å²) in [6.45, 7) is -1.77. The first-order valence-electron chi connectivity index (χ1n) is 21.2. The molecule has 1 aromatic rings. The maximum absolute atomic E-state index is 13.8. The number of aliphatic carboxylic acids is 1. The van der Waals surface area contributed by atoms with E-state index in [2.05, 4.69) is 37.2 Å². The molecule has 1 saturated carbocycles. The molecule has 0 unspecified atom stereocenters. The molecule has 0 radical (unpaired) electrons. The van der Waals surface area contributed by atoms with Gasteiger partial charge >= 0.3 is 11.7 Å². The van der Waals surface area contributed by atoms with Gasteiger partial charge in [-0.3, -0.25) is 58.1 Å². The third kappa shape index (κ3) is 16.8. The van der Waals surface area contributed by atoms with Gasteiger partial charge in [-0.1, -0.05) is 46.9 Å². The first-order chi connectivity index (χ1) is 31.7. The summed E-state index contributed by atoms with van der Waals surface area (Å²) < 4.78 is 0. The summed E-state index contributed by atoms with van der Waals surface area (Å²) in [7, 11) is 2.07. The number of nitro groups is 1. The molecule has 28 heteroatoms. The second-order valence-corrected chi connectivity index (χ2v) is 18.7. The van der Waals surface area contributed by atoms with Crippen molar-refractivity contribution >= 4 is 86.4 Å². The van der Waals surface area contributed by atoms with Crippen molar-refractivity contribution in [1.82, 2.24) is 42.1 Å². The first kappa shape index (κ1) is 53.4. The topological polar surface area (TPSA) is 414 Å². The number of carbonyl (C=O) groups is 10. The highest BCUT2D eigenvalue weighted by Gasteiger charge is 2.41. The Morgan fingerprint density at radius 3 is 2.12 bits per heavy atom. The normalized spacial score (nSPS) is 26.1. The molecule has 2 heterocycles. The minimum absolute atomic E-state index is 0.0249. The third-order valence-corrected chi connectivity index (χ3v) is 13.4. The van der Waals surface area contributed by atoms with E-state index < -0.39 is 157 Å². The van der Waals surface area contributed by atoms with Crippen LogP contribution in [0.2, 0.25) is 0 Å². The van der Waals surface area contributed by atoms with Crippen LogP contribution in [0.15, 0.2) is 18.2 Å². The van der Waals surface area contributed by atoms with Gasteiger partial charge in [0.15, 0.2) is 5.75 Å². The Morgan fingerprint density at radius 1 is 0.821 bits per heavy atom. The van der Waals surface area contributed by atoms with Crippen LogP contribution in [-0.2, 0) is 54.4 Å². The number of amides is 9. The number of aromatic hydroxyl groups is 1. The van der Waals surface area contributed by atoms with Crippen LogP contribution in [0.25, 0.3) is 0 Å². The monoisotopic (exact) mass is 981 g/mol. The Labute approximate surface area is 390 Å². The highest BCUT2D eigenvalue weighted by molar-refractivity contribution is 8.76. The van der Waals surface area contributed by atoms with E-state index in [1.54, 1.807) is 0 Å². The summed E-state index contributed by atoms with van der Waals surface area (Å²) in [5.74, 6) is -11.3. The van der Waals surface area contributed by atoms with E-state index in [1.807, 2.05) is 0 Å². The van der Waals surface area contributed by atoms with Crippen molar-refractivity contribution in [2.24, 2.45) is 17.4 Å². The number of phenols is 1. The maximum Gasteiger partial charge on any atom is 0.310 e. The van der Waals surface area contributed by atoms with E-state index in [4.69, 9.17) is 11.5 Å². The van der Waals surface area contributed by atoms with Crippen LogP contribution in [0, 0.1) is 16.0 Å². The van der Waals surface area contributed by atoms with Gasteiger partial charge in [0.25, 0.3) is 0 Å². The fourth-order valence-corrected chi connectivity index (χ4v) is 9.89. The number of nitrogens with zero attached hydrogens (tertiary/aromatic N) is 2. The van der Waals surface area contributed by atoms with Crippen LogP contribution in [0.1, 0.15) is 56.9 Å². The lowest BCUT2D eigenvalue weighted by Crippen LogP contribution is -2.58. The van der Waals surface area contributed by atoms with Crippen LogP contribution in [0.5, 0.6) is 5.75 Å². The third-order valence-electron chi connectivity index (χ3n) is 11.0. The Bertz CT molecular complexity index is 2060. The lowest BCUT2D eigenvalue weighted by atomic mass is 9.89. The average Bonchev–Trinajstić information content (AvgIpc) is 3.67. The molecule has 67 heavy (non-hydrogen) atoms. The number of aliphatic hydroxyl groups is 1. The molecule has 14 N–H and O–H groups in total. The first-order valence-corrected chi connectivity index (χ1v) is 23.7. The lowest BCUT2D eigenvalue weighted by Gasteiger charge is -2.27. The lowest BCUT2D eigenvalue weighted by molar-refractivity contribution is -0.385. The number of phenolic OH excluding ortho intramolecular Hbond substituents is 1. The Hall–Kier alpha value is -6.26. The average molecular weight is 982 g/mol. The zero-order valence-electron chi connectivity index (χ0n) is 36.1. The van der Waals surface area contributed by atoms with Gasteiger partial charge < -0.3 is 68.9 Å². The molecular weight excluding hydrogens is 927 g/mol. The largest absolute Gasteiger partial charge is 0.502 e. The second kappa shape index (κ2) is 25.6. The number of carboxylic acid groups (broad SMARTS) is 1. The highest BCUT2D eigenvalue weighted by Crippen LogP contribution is 2.28. The number of carboxylic acids is 1. The fourth-order valence-electron chi connectivity index (χ4n) is 7.51. The number of benzene rings is 1. The van der Waals surface area contributed by atoms with Crippen molar-refractivity contribution in [2.75, 3.05) is 37.7 Å². The quantitative estimate of drug-likeness (QED) is 0.0567. The van der Waals surface area contributed by atoms with Crippen LogP contribution in [0.3, 0.4) is 0 Å². The van der Waals surface area contributed by atoms with Gasteiger partial charge in [0, 0.05) is 37.0 Å². The number of nitro benzene ring substituents is 1. The zero-order chi connectivity index (χ0) is 49.4. The summed E-state index contributed by atoms with van der Waals surface area (Å²) in [6.07, 6.45) is 1.03. The SMILES string of the molecule is NC(=O)C[C@@H]1NC(=O)[C@@H]2C[C@@H](O)CN2C(=O)CNC(=O)[C@H](Cc2ccc(O)c([N+](=O)[O-])c2)NC(=O)CNC(=O)[C@@H](CC(=O)O)NC(=O)[C@H](NCC2CCCCC2)CSSC[C@H](C(N)=O)NC1=O. The van der Waals surface area contributed by atoms with E-state index in [0.29, 0.717) is 6.54 Å². The number of hydrogen-bond acceptors (Lipinski definition) is 17. The molecule has 3 aliphatic rings. The molecule has 2 aliphatic heterocycles. The minimum atomic E-state index is -1.72. The van der Waals surface area contributed by atoms with E-state index in [1.165, 1.54) is 6.07 Å². The molecule has 3 fully saturated rings. The fraction of sp³-hybridized carbons (Fsp3) is 0.590. The molecular formula is C39H55N11O15S2. The summed E-state index contributed by atoms with van der Waals surface area (Å²) in [4.78, 5) is 143. The van der Waals surface area contributed by atoms with Crippen molar-refractivity contribution < 1.29 is 68.2 Å². The van der Waals surface area contributed by atoms with Crippen LogP contribution >= 0.6 is 21.6 Å². The standard InChI is InChI=1S/C39H55N11O15S2/c40-30(53)11-23-37(61)48-25(34(41)58)17-66-67-18-26(42-13-19-4-2-1-3-5-19)38(62)46-24(12-33(56)57)36(60)43-14-31(54)45-22(8-20-6-7-29(52)27(9-20)50(64)65)35(59)44-15-32(55)49-16-21(51)10-28(49)39(63)47-23/h6-7,9,19,21-26,28,42,51-52H,1-5,8,10-18H2,(H2,40,53)(H2,41,58)(H,43,60)(H,44,59)(H,45,54)(H,46,62)(H,47,63)(H,48,61)(H,56,57)/t21-,22+,23+,24-,25-,26-,28+/m1/s1. The van der Waals surface area contributed by atoms with Gasteiger partial charge in [0.05, 0.1) is 43.0 Å². The minimum Gasteiger partial charge on any atom is -0.502 e. The van der Waals surface area contributed by atoms with E-state index in [-0.39, 0.29) is 29.4 Å². The second-order valence-electron chi connectivity index (χ2n) is 16.2. The van der Waals surface area contributed by atoms with E-state index in [0.717, 1.165) is 70.7 Å². The maximum atomic E-state index is 13.8. The number of carbonyl (C=O) groups excluding carboxylic acids is 9. The molecule has 7 atom stereocenters. The van der Waals surface area contributed by atoms with Crippen molar-refractivity contribution in [1.29, 1.82) is 0 Å². The van der Waals surface area contributed by atoms with Gasteiger partial charge in [-0.15, -0.1) is 0 Å². The highest BCUT2D eigenvalue weighted by atomic mass is 33.1. The molecule has 9 amide bonds. The molecule has 4 rings (SSSR count). The molecule has 0 spiro atoms. The number of primary amides is 2. The molecule has 0 bridgehead atoms. The van der Waals surface area contributed by atoms with Crippen LogP contribution in [-0.4, -0.2) is 164 Å². The van der Waals surface area contributed by atoms with Crippen molar-refractivity contribution in [3.63, 3.8) is 0 Å². The number of nitrogens with one attached hydrogen (secondary N) is 7. The Morgan fingerprint density at radius 2 is 1.46 bits per heavy atom. The van der Waals surface area contributed by atoms with Gasteiger partial charge in [-0.25, -0.2) is 0 Å². The van der Waals surface area contributed by atoms with Crippen molar-refractivity contribution in [2.45, 2.75) is 100 Å². The smallest absolute Gasteiger partial charge is 0.310 e. The number of nitrogens with two attached hydrogens (primary N) is 2. The van der Waals surface area contributed by atoms with Gasteiger partial charge in [0.2, 0.25) is 53.2 Å². The van der Waals surface area contributed by atoms with Crippen molar-refractivity contribution in [3.05, 3.63) is 33.9 Å². The van der Waals surface area contributed by atoms with Gasteiger partial charge in [-0.2, -0.15) is 0 Å². The van der Waals surface area contributed by atoms with Crippen molar-refractivity contribution in [3.8, 4) is 5.75 Å². The van der Waals surface area contributed by atoms with E-state index >= 15 is 0 Å². The van der Waals surface area contributed by atoms with Gasteiger partial charge in [-0.05, 0) is 36.9 Å². The molecule has 1 aliphatic carbocycles. The number of aliphatic hydroxyl groups excluding tert-OH is 1. The zero-order valence-corrected chi connectivity index (χ0v) is 37.7. The van der Waals surface area contributed by atoms with Gasteiger partial charge in [0.1, 0.15) is 30.2 Å². The summed E-state index contributed by atoms with van der Waals surface area (Å²) in [6, 6.07) is -5.84. The van der Waals surface area contributed by atoms with E-state index in [9.17, 15) is 73.4 Å². The summed E-state index contributed by atoms with van der Waals surface area (Å²) >= 11 is 0. The Balaban J connectivity index is 1.66. The Kier molecular flexibility index (Phi) is 20.4. The number of hydrogen-bond donors (Lipinski definition) is 12. The molecule has 1 aromatic carbocycles. The van der Waals surface area contributed by atoms with Crippen LogP contribution < -0.4 is 48.7 Å². The summed E-state index contributed by atoms with van der Waals surface area (Å²) in [5.41, 5.74) is 10.3. The molecule has 0 aromatic heterocycles. The molecule has 2 saturated heterocycles. The van der Waals surface area contributed by atoms with Crippen LogP contribution in [0.4, 0.5) is 5.69 Å². The number of fused-ring (bicyclic) bond motifs is 1. The predicted molar refractivity (Wildman–Crippen MR) is 237 cm³/mol.